The Morgan fingerprint density at radius 3 is 0.300 bits per heavy atom. The molecule has 0 fully saturated rings. The van der Waals surface area contributed by atoms with Crippen molar-refractivity contribution in [2.24, 2.45) is 0 Å². The Balaban J connectivity index is -0.000000704. The van der Waals surface area contributed by atoms with Crippen molar-refractivity contribution >= 4 is 24.8 Å². The quantitative estimate of drug-likeness (QED) is 0.0560. The third-order valence-corrected chi connectivity index (χ3v) is 18.2. The molecule has 0 atom stereocenters. The molecule has 0 spiro atoms. The van der Waals surface area contributed by atoms with E-state index < -0.39 is 0 Å². The van der Waals surface area contributed by atoms with Crippen molar-refractivity contribution in [1.82, 2.24) is 9.80 Å². The van der Waals surface area contributed by atoms with Gasteiger partial charge in [0.05, 0.1) is 0 Å². The molecule has 0 unspecified atom stereocenters. The van der Waals surface area contributed by atoms with E-state index in [9.17, 15) is 0 Å². The van der Waals surface area contributed by atoms with Crippen LogP contribution in [-0.2, 0) is 0 Å². The van der Waals surface area contributed by atoms with Crippen LogP contribution in [0.2, 0.25) is 0 Å². The molecule has 0 N–H and O–H groups in total. The summed E-state index contributed by atoms with van der Waals surface area (Å²) in [5.74, 6) is 0. The van der Waals surface area contributed by atoms with Crippen molar-refractivity contribution in [1.29, 1.82) is 0 Å². The van der Waals surface area contributed by atoms with Gasteiger partial charge in [-0.2, -0.15) is 0 Å². The summed E-state index contributed by atoms with van der Waals surface area (Å²) in [6.07, 6.45) is 93.8. The number of halogens is 2. The second-order valence-corrected chi connectivity index (χ2v) is 26.1. The number of hydrogen-bond donors (Lipinski definition) is 0. The molecular weight excluding hydrogens is 1010 g/mol. The molecule has 0 saturated heterocycles. The van der Waals surface area contributed by atoms with Gasteiger partial charge in [-0.1, -0.05) is 427 Å². The van der Waals surface area contributed by atoms with Crippen molar-refractivity contribution in [2.75, 3.05) is 39.3 Å². The molecule has 0 heterocycles. The summed E-state index contributed by atoms with van der Waals surface area (Å²) in [6, 6.07) is 0. The Morgan fingerprint density at radius 2 is 0.212 bits per heavy atom. The van der Waals surface area contributed by atoms with Crippen LogP contribution < -0.4 is 0 Å². The van der Waals surface area contributed by atoms with Gasteiger partial charge in [-0.3, -0.25) is 0 Å². The van der Waals surface area contributed by atoms with Gasteiger partial charge in [-0.25, -0.2) is 0 Å². The minimum atomic E-state index is 0. The second kappa shape index (κ2) is 83.7. The number of hydrogen-bond acceptors (Lipinski definition) is 2. The summed E-state index contributed by atoms with van der Waals surface area (Å²) in [7, 11) is 0. The lowest BCUT2D eigenvalue weighted by Gasteiger charge is -2.20. The first-order valence-corrected chi connectivity index (χ1v) is 38.1. The average molecular weight is 1170 g/mol. The lowest BCUT2D eigenvalue weighted by Crippen LogP contribution is -2.25. The van der Waals surface area contributed by atoms with Crippen molar-refractivity contribution in [3.63, 3.8) is 0 Å². The molecule has 0 bridgehead atoms. The first-order valence-electron chi connectivity index (χ1n) is 38.1. The molecule has 0 aromatic heterocycles. The highest BCUT2D eigenvalue weighted by atomic mass is 35.5. The molecule has 0 aliphatic carbocycles. The smallest absolute Gasteiger partial charge is 0.00189 e. The van der Waals surface area contributed by atoms with Crippen LogP contribution in [0.5, 0.6) is 0 Å². The topological polar surface area (TPSA) is 6.48 Å². The molecule has 0 aromatic carbocycles. The maximum atomic E-state index is 2.72. The van der Waals surface area contributed by atoms with Gasteiger partial charge < -0.3 is 9.80 Å². The van der Waals surface area contributed by atoms with Crippen molar-refractivity contribution in [2.45, 2.75) is 452 Å². The molecule has 0 rings (SSSR count). The summed E-state index contributed by atoms with van der Waals surface area (Å²) in [4.78, 5) is 5.43. The monoisotopic (exact) mass is 1170 g/mol. The third kappa shape index (κ3) is 80.6. The molecule has 4 heteroatoms. The predicted octanol–water partition coefficient (Wildman–Crippen LogP) is 28.5. The first kappa shape index (κ1) is 86.9. The fraction of sp³-hybridized carbons (Fsp3) is 1.00. The van der Waals surface area contributed by atoms with E-state index in [0.717, 1.165) is 0 Å². The van der Waals surface area contributed by atoms with Gasteiger partial charge in [0.15, 0.2) is 0 Å². The largest absolute Gasteiger partial charge is 0.304 e. The minimum Gasteiger partial charge on any atom is -0.304 e. The molecular formula is C76H160Cl2N2. The van der Waals surface area contributed by atoms with Gasteiger partial charge in [-0.15, -0.1) is 24.8 Å². The van der Waals surface area contributed by atoms with Crippen molar-refractivity contribution in [3.8, 4) is 0 Å². The zero-order chi connectivity index (χ0) is 56.7. The summed E-state index contributed by atoms with van der Waals surface area (Å²) in [6.45, 7) is 21.8. The van der Waals surface area contributed by atoms with Crippen LogP contribution in [0, 0.1) is 0 Å². The minimum absolute atomic E-state index is 0. The molecule has 488 valence electrons. The van der Waals surface area contributed by atoms with E-state index in [1.807, 2.05) is 0 Å². The normalized spacial score (nSPS) is 11.4. The Morgan fingerprint density at radius 1 is 0.125 bits per heavy atom. The Kier molecular flexibility index (Phi) is 91.0. The molecule has 0 aromatic rings. The fourth-order valence-electron chi connectivity index (χ4n) is 12.4. The fourth-order valence-corrected chi connectivity index (χ4v) is 12.4. The van der Waals surface area contributed by atoms with E-state index in [0.29, 0.717) is 0 Å². The van der Waals surface area contributed by atoms with Gasteiger partial charge >= 0.3 is 0 Å². The van der Waals surface area contributed by atoms with Crippen LogP contribution in [0.1, 0.15) is 452 Å². The van der Waals surface area contributed by atoms with Gasteiger partial charge in [0.1, 0.15) is 0 Å². The molecule has 0 aliphatic heterocycles. The van der Waals surface area contributed by atoms with Crippen LogP contribution in [-0.4, -0.2) is 49.1 Å². The predicted molar refractivity (Wildman–Crippen MR) is 377 cm³/mol. The first-order chi connectivity index (χ1) is 38.7. The molecule has 0 saturated carbocycles. The standard InChI is InChI=1S/2C38H79N.2ClH/c2*1-4-7-9-11-13-15-17-19-21-23-25-27-29-31-33-35-37-39(6-3)38-36-34-32-30-28-26-24-22-20-18-16-14-12-10-8-5-2;;/h2*4-38H2,1-3H3;2*1H. The summed E-state index contributed by atoms with van der Waals surface area (Å²) < 4.78 is 0. The van der Waals surface area contributed by atoms with Gasteiger partial charge in [0, 0.05) is 0 Å². The molecule has 0 amide bonds. The second-order valence-electron chi connectivity index (χ2n) is 26.1. The summed E-state index contributed by atoms with van der Waals surface area (Å²) >= 11 is 0. The highest BCUT2D eigenvalue weighted by Gasteiger charge is 2.05. The van der Waals surface area contributed by atoms with E-state index >= 15 is 0 Å². The summed E-state index contributed by atoms with van der Waals surface area (Å²) in [5.41, 5.74) is 0. The van der Waals surface area contributed by atoms with Gasteiger partial charge in [0.2, 0.25) is 0 Å². The highest BCUT2D eigenvalue weighted by Crippen LogP contribution is 2.19. The lowest BCUT2D eigenvalue weighted by molar-refractivity contribution is 0.273. The van der Waals surface area contributed by atoms with Crippen LogP contribution in [0.25, 0.3) is 0 Å². The van der Waals surface area contributed by atoms with Crippen LogP contribution in [0.4, 0.5) is 0 Å². The van der Waals surface area contributed by atoms with E-state index in [4.69, 9.17) is 0 Å². The van der Waals surface area contributed by atoms with Crippen molar-refractivity contribution in [3.05, 3.63) is 0 Å². The number of unbranched alkanes of at least 4 members (excludes halogenated alkanes) is 60. The number of rotatable bonds is 70. The molecule has 0 radical (unpaired) electrons. The Labute approximate surface area is 523 Å². The van der Waals surface area contributed by atoms with E-state index in [1.165, 1.54) is 450 Å². The van der Waals surface area contributed by atoms with E-state index in [2.05, 4.69) is 51.3 Å². The van der Waals surface area contributed by atoms with Crippen LogP contribution >= 0.6 is 24.8 Å². The molecule has 0 aliphatic rings. The zero-order valence-corrected chi connectivity index (χ0v) is 58.8. The maximum Gasteiger partial charge on any atom is -0.00189 e. The lowest BCUT2D eigenvalue weighted by atomic mass is 10.0. The van der Waals surface area contributed by atoms with Crippen LogP contribution in [0.3, 0.4) is 0 Å². The zero-order valence-electron chi connectivity index (χ0n) is 57.2. The molecule has 2 nitrogen and oxygen atoms in total. The summed E-state index contributed by atoms with van der Waals surface area (Å²) in [5, 5.41) is 0. The SMILES string of the molecule is CCCCCCCCCCCCCCCCCCN(CC)CCCCCCCCCCCCCCCCCC.CCCCCCCCCCCCCCCCCCN(CC)CCCCCCCCCCCCCCCCCC.Cl.Cl. The van der Waals surface area contributed by atoms with E-state index in [-0.39, 0.29) is 24.8 Å². The van der Waals surface area contributed by atoms with Gasteiger partial charge in [-0.05, 0) is 65.0 Å². The highest BCUT2D eigenvalue weighted by molar-refractivity contribution is 5.85. The van der Waals surface area contributed by atoms with Crippen LogP contribution in [0.15, 0.2) is 0 Å². The Hall–Kier alpha value is 0.500. The maximum absolute atomic E-state index is 2.72. The Bertz CT molecular complexity index is 829. The third-order valence-electron chi connectivity index (χ3n) is 18.2. The number of nitrogens with zero attached hydrogens (tertiary/aromatic N) is 2. The van der Waals surface area contributed by atoms with E-state index in [1.54, 1.807) is 0 Å². The van der Waals surface area contributed by atoms with Crippen molar-refractivity contribution < 1.29 is 0 Å². The molecule has 80 heavy (non-hydrogen) atoms. The van der Waals surface area contributed by atoms with Gasteiger partial charge in [0.25, 0.3) is 0 Å². The average Bonchev–Trinajstić information content (AvgIpc) is 3.45.